The number of rotatable bonds is 5. The summed E-state index contributed by atoms with van der Waals surface area (Å²) in [4.78, 5) is 3.94. The number of aromatic nitrogens is 1. The molecular formula is C14H15FN2O. The molecule has 0 spiro atoms. The molecule has 0 atom stereocenters. The van der Waals surface area contributed by atoms with Crippen LogP contribution in [0.5, 0.6) is 5.75 Å². The molecule has 1 N–H and O–H groups in total. The first kappa shape index (κ1) is 12.4. The van der Waals surface area contributed by atoms with Crippen LogP contribution < -0.4 is 10.1 Å². The minimum Gasteiger partial charge on any atom is -0.491 e. The summed E-state index contributed by atoms with van der Waals surface area (Å²) >= 11 is 0. The van der Waals surface area contributed by atoms with Crippen molar-refractivity contribution < 1.29 is 9.13 Å². The Kier molecular flexibility index (Phi) is 4.12. The highest BCUT2D eigenvalue weighted by atomic mass is 19.1. The smallest absolute Gasteiger partial charge is 0.167 e. The molecule has 94 valence electrons. The quantitative estimate of drug-likeness (QED) is 0.879. The van der Waals surface area contributed by atoms with Crippen molar-refractivity contribution in [1.82, 2.24) is 4.98 Å². The van der Waals surface area contributed by atoms with Gasteiger partial charge in [-0.3, -0.25) is 4.98 Å². The second kappa shape index (κ2) is 6.00. The van der Waals surface area contributed by atoms with Crippen molar-refractivity contribution in [1.29, 1.82) is 0 Å². The highest BCUT2D eigenvalue weighted by Gasteiger charge is 2.03. The van der Waals surface area contributed by atoms with Crippen molar-refractivity contribution in [2.75, 3.05) is 11.9 Å². The molecule has 0 radical (unpaired) electrons. The fourth-order valence-corrected chi connectivity index (χ4v) is 1.59. The zero-order chi connectivity index (χ0) is 12.8. The van der Waals surface area contributed by atoms with Gasteiger partial charge >= 0.3 is 0 Å². The van der Waals surface area contributed by atoms with Crippen molar-refractivity contribution in [3.05, 3.63) is 54.1 Å². The Bertz CT molecular complexity index is 502. The third-order valence-electron chi connectivity index (χ3n) is 2.48. The Morgan fingerprint density at radius 2 is 2.00 bits per heavy atom. The molecule has 0 unspecified atom stereocenters. The van der Waals surface area contributed by atoms with E-state index in [1.165, 1.54) is 6.07 Å². The second-order valence-corrected chi connectivity index (χ2v) is 3.79. The van der Waals surface area contributed by atoms with Gasteiger partial charge in [-0.2, -0.15) is 0 Å². The predicted octanol–water partition coefficient (Wildman–Crippen LogP) is 3.23. The van der Waals surface area contributed by atoms with Gasteiger partial charge in [-0.1, -0.05) is 0 Å². The maximum atomic E-state index is 13.6. The van der Waals surface area contributed by atoms with Crippen LogP contribution in [0.2, 0.25) is 0 Å². The molecule has 2 rings (SSSR count). The first-order valence-corrected chi connectivity index (χ1v) is 5.84. The molecule has 0 amide bonds. The first-order chi connectivity index (χ1) is 8.79. The third kappa shape index (κ3) is 3.20. The largest absolute Gasteiger partial charge is 0.491 e. The average molecular weight is 246 g/mol. The maximum Gasteiger partial charge on any atom is 0.167 e. The van der Waals surface area contributed by atoms with Gasteiger partial charge in [0.15, 0.2) is 11.6 Å². The van der Waals surface area contributed by atoms with Crippen LogP contribution in [0, 0.1) is 5.82 Å². The summed E-state index contributed by atoms with van der Waals surface area (Å²) in [5.41, 5.74) is 1.83. The number of halogens is 1. The number of pyridine rings is 1. The van der Waals surface area contributed by atoms with Gasteiger partial charge in [-0.05, 0) is 36.8 Å². The fourth-order valence-electron chi connectivity index (χ4n) is 1.59. The lowest BCUT2D eigenvalue weighted by Crippen LogP contribution is -2.01. The molecule has 0 fully saturated rings. The number of nitrogens with one attached hydrogen (secondary N) is 1. The molecule has 1 aromatic carbocycles. The van der Waals surface area contributed by atoms with E-state index in [0.29, 0.717) is 13.2 Å². The van der Waals surface area contributed by atoms with Crippen LogP contribution in [0.1, 0.15) is 12.5 Å². The van der Waals surface area contributed by atoms with Gasteiger partial charge in [0.25, 0.3) is 0 Å². The van der Waals surface area contributed by atoms with Crippen LogP contribution in [0.25, 0.3) is 0 Å². The minimum absolute atomic E-state index is 0.284. The minimum atomic E-state index is -0.350. The molecule has 0 aliphatic heterocycles. The average Bonchev–Trinajstić information content (AvgIpc) is 2.41. The Balaban J connectivity index is 2.00. The van der Waals surface area contributed by atoms with E-state index < -0.39 is 0 Å². The maximum absolute atomic E-state index is 13.6. The molecule has 1 aromatic heterocycles. The second-order valence-electron chi connectivity index (χ2n) is 3.79. The van der Waals surface area contributed by atoms with Crippen molar-refractivity contribution in [2.24, 2.45) is 0 Å². The normalized spacial score (nSPS) is 10.1. The number of hydrogen-bond donors (Lipinski definition) is 1. The molecule has 18 heavy (non-hydrogen) atoms. The molecule has 4 heteroatoms. The van der Waals surface area contributed by atoms with Gasteiger partial charge in [-0.15, -0.1) is 0 Å². The Labute approximate surface area is 106 Å². The summed E-state index contributed by atoms with van der Waals surface area (Å²) in [6, 6.07) is 8.70. The lowest BCUT2D eigenvalue weighted by molar-refractivity contribution is 0.321. The topological polar surface area (TPSA) is 34.1 Å². The fraction of sp³-hybridized carbons (Fsp3) is 0.214. The van der Waals surface area contributed by atoms with E-state index in [1.54, 1.807) is 24.5 Å². The van der Waals surface area contributed by atoms with Gasteiger partial charge in [-0.25, -0.2) is 4.39 Å². The van der Waals surface area contributed by atoms with E-state index in [-0.39, 0.29) is 11.6 Å². The number of anilines is 1. The molecular weight excluding hydrogens is 231 g/mol. The molecule has 0 aliphatic carbocycles. The van der Waals surface area contributed by atoms with Crippen molar-refractivity contribution in [3.63, 3.8) is 0 Å². The summed E-state index contributed by atoms with van der Waals surface area (Å²) in [7, 11) is 0. The highest BCUT2D eigenvalue weighted by molar-refractivity contribution is 5.47. The van der Waals surface area contributed by atoms with E-state index >= 15 is 0 Å². The summed E-state index contributed by atoms with van der Waals surface area (Å²) in [6.45, 7) is 2.92. The summed E-state index contributed by atoms with van der Waals surface area (Å²) < 4.78 is 18.7. The third-order valence-corrected chi connectivity index (χ3v) is 2.48. The van der Waals surface area contributed by atoms with Crippen LogP contribution in [0.4, 0.5) is 10.1 Å². The van der Waals surface area contributed by atoms with Gasteiger partial charge in [0.1, 0.15) is 0 Å². The van der Waals surface area contributed by atoms with Gasteiger partial charge in [0.2, 0.25) is 0 Å². The zero-order valence-electron chi connectivity index (χ0n) is 10.2. The van der Waals surface area contributed by atoms with Gasteiger partial charge in [0.05, 0.1) is 6.61 Å². The van der Waals surface area contributed by atoms with Crippen LogP contribution >= 0.6 is 0 Å². The highest BCUT2D eigenvalue weighted by Crippen LogP contribution is 2.21. The standard InChI is InChI=1S/C14H15FN2O/c1-2-18-14-4-3-12(9-13(14)15)17-10-11-5-7-16-8-6-11/h3-9,17H,2,10H2,1H3. The number of benzene rings is 1. The SMILES string of the molecule is CCOc1ccc(NCc2ccncc2)cc1F. The van der Waals surface area contributed by atoms with Crippen molar-refractivity contribution in [2.45, 2.75) is 13.5 Å². The molecule has 0 saturated carbocycles. The van der Waals surface area contributed by atoms with Gasteiger partial charge < -0.3 is 10.1 Å². The first-order valence-electron chi connectivity index (χ1n) is 5.84. The van der Waals surface area contributed by atoms with Crippen molar-refractivity contribution >= 4 is 5.69 Å². The number of nitrogens with zero attached hydrogens (tertiary/aromatic N) is 1. The van der Waals surface area contributed by atoms with E-state index in [1.807, 2.05) is 19.1 Å². The Morgan fingerprint density at radius 3 is 2.67 bits per heavy atom. The van der Waals surface area contributed by atoms with Gasteiger partial charge in [0, 0.05) is 30.7 Å². The number of hydrogen-bond acceptors (Lipinski definition) is 3. The zero-order valence-corrected chi connectivity index (χ0v) is 10.2. The van der Waals surface area contributed by atoms with E-state index in [0.717, 1.165) is 11.3 Å². The molecule has 0 saturated heterocycles. The molecule has 3 nitrogen and oxygen atoms in total. The predicted molar refractivity (Wildman–Crippen MR) is 69.1 cm³/mol. The Morgan fingerprint density at radius 1 is 1.22 bits per heavy atom. The Hall–Kier alpha value is -2.10. The van der Waals surface area contributed by atoms with E-state index in [4.69, 9.17) is 4.74 Å². The monoisotopic (exact) mass is 246 g/mol. The molecule has 1 heterocycles. The van der Waals surface area contributed by atoms with Crippen LogP contribution in [-0.2, 0) is 6.54 Å². The van der Waals surface area contributed by atoms with E-state index in [2.05, 4.69) is 10.3 Å². The molecule has 0 bridgehead atoms. The molecule has 2 aromatic rings. The summed E-state index contributed by atoms with van der Waals surface area (Å²) in [5, 5.41) is 3.15. The van der Waals surface area contributed by atoms with Crippen LogP contribution in [-0.4, -0.2) is 11.6 Å². The van der Waals surface area contributed by atoms with Crippen LogP contribution in [0.3, 0.4) is 0 Å². The lowest BCUT2D eigenvalue weighted by Gasteiger charge is -2.09. The summed E-state index contributed by atoms with van der Waals surface area (Å²) in [6.07, 6.45) is 3.46. The summed E-state index contributed by atoms with van der Waals surface area (Å²) in [5.74, 6) is -0.0662. The van der Waals surface area contributed by atoms with Crippen LogP contribution in [0.15, 0.2) is 42.7 Å². The van der Waals surface area contributed by atoms with Crippen molar-refractivity contribution in [3.8, 4) is 5.75 Å². The van der Waals surface area contributed by atoms with E-state index in [9.17, 15) is 4.39 Å². The lowest BCUT2D eigenvalue weighted by atomic mass is 10.2. The molecule has 0 aliphatic rings. The number of ether oxygens (including phenoxy) is 1.